The molecule has 4 N–H and O–H groups in total. The van der Waals surface area contributed by atoms with Crippen molar-refractivity contribution in [1.29, 1.82) is 5.26 Å². The summed E-state index contributed by atoms with van der Waals surface area (Å²) in [5.74, 6) is -0.535. The van der Waals surface area contributed by atoms with Crippen LogP contribution >= 0.6 is 0 Å². The Labute approximate surface area is 194 Å². The first-order chi connectivity index (χ1) is 16.3. The number of aromatic nitrogens is 5. The molecule has 4 aromatic heterocycles. The second-order valence-corrected chi connectivity index (χ2v) is 8.27. The predicted octanol–water partition coefficient (Wildman–Crippen LogP) is 2.44. The molecule has 0 aliphatic carbocycles. The van der Waals surface area contributed by atoms with Crippen molar-refractivity contribution in [3.63, 3.8) is 0 Å². The molecular formula is C23H23FN8O2. The van der Waals surface area contributed by atoms with Crippen molar-refractivity contribution in [3.05, 3.63) is 66.0 Å². The Hall–Kier alpha value is -4.30. The minimum Gasteiger partial charge on any atom is -0.387 e. The van der Waals surface area contributed by atoms with Gasteiger partial charge in [0.1, 0.15) is 12.2 Å². The number of halogens is 1. The van der Waals surface area contributed by atoms with Crippen LogP contribution in [0.2, 0.25) is 0 Å². The molecular weight excluding hydrogens is 439 g/mol. The molecule has 0 aliphatic rings. The average molecular weight is 462 g/mol. The second kappa shape index (κ2) is 9.29. The van der Waals surface area contributed by atoms with Crippen molar-refractivity contribution >= 4 is 17.1 Å². The van der Waals surface area contributed by atoms with E-state index in [0.717, 1.165) is 11.2 Å². The van der Waals surface area contributed by atoms with Crippen LogP contribution in [-0.4, -0.2) is 53.9 Å². The number of rotatable bonds is 8. The van der Waals surface area contributed by atoms with Gasteiger partial charge in [-0.3, -0.25) is 9.78 Å². The summed E-state index contributed by atoms with van der Waals surface area (Å²) in [6.45, 7) is 2.66. The highest BCUT2D eigenvalue weighted by Gasteiger charge is 2.27. The van der Waals surface area contributed by atoms with Crippen molar-refractivity contribution in [2.45, 2.75) is 32.2 Å². The van der Waals surface area contributed by atoms with Crippen molar-refractivity contribution in [1.82, 2.24) is 29.9 Å². The highest BCUT2D eigenvalue weighted by Crippen LogP contribution is 2.26. The third-order valence-corrected chi connectivity index (χ3v) is 5.26. The number of imidazole rings is 1. The van der Waals surface area contributed by atoms with E-state index in [2.05, 4.69) is 36.8 Å². The van der Waals surface area contributed by atoms with Crippen LogP contribution in [0.5, 0.6) is 0 Å². The summed E-state index contributed by atoms with van der Waals surface area (Å²) >= 11 is 0. The third-order valence-electron chi connectivity index (χ3n) is 5.26. The van der Waals surface area contributed by atoms with E-state index >= 15 is 0 Å². The SMILES string of the molecule is CC(C)(O)C(F)CNC(=O)c1cnc(-c2ccc3cc(C#N)cnn23)cc1NCc1c[nH]cn1. The van der Waals surface area contributed by atoms with E-state index in [-0.39, 0.29) is 12.1 Å². The number of hydrogen-bond donors (Lipinski definition) is 4. The van der Waals surface area contributed by atoms with Crippen LogP contribution in [0.3, 0.4) is 0 Å². The first-order valence-electron chi connectivity index (χ1n) is 10.5. The van der Waals surface area contributed by atoms with Crippen LogP contribution in [0.15, 0.2) is 49.2 Å². The van der Waals surface area contributed by atoms with Gasteiger partial charge in [-0.25, -0.2) is 13.9 Å². The summed E-state index contributed by atoms with van der Waals surface area (Å²) in [6.07, 6.45) is 4.50. The monoisotopic (exact) mass is 462 g/mol. The molecule has 4 heterocycles. The number of aromatic amines is 1. The fraction of sp³-hybridized carbons (Fsp3) is 0.261. The van der Waals surface area contributed by atoms with Crippen LogP contribution < -0.4 is 10.6 Å². The number of nitrogens with zero attached hydrogens (tertiary/aromatic N) is 5. The third kappa shape index (κ3) is 4.87. The number of fused-ring (bicyclic) bond motifs is 1. The van der Waals surface area contributed by atoms with E-state index in [9.17, 15) is 14.3 Å². The lowest BCUT2D eigenvalue weighted by atomic mass is 10.0. The molecule has 0 fully saturated rings. The number of anilines is 1. The van der Waals surface area contributed by atoms with E-state index in [1.807, 2.05) is 12.1 Å². The number of nitriles is 1. The topological polar surface area (TPSA) is 144 Å². The summed E-state index contributed by atoms with van der Waals surface area (Å²) in [5.41, 5.74) is 2.20. The zero-order chi connectivity index (χ0) is 24.3. The number of amides is 1. The van der Waals surface area contributed by atoms with Gasteiger partial charge in [0.25, 0.3) is 5.91 Å². The second-order valence-electron chi connectivity index (χ2n) is 8.27. The Morgan fingerprint density at radius 3 is 2.85 bits per heavy atom. The number of aliphatic hydroxyl groups is 1. The van der Waals surface area contributed by atoms with Gasteiger partial charge < -0.3 is 20.7 Å². The van der Waals surface area contributed by atoms with Gasteiger partial charge in [0.05, 0.1) is 70.6 Å². The minimum absolute atomic E-state index is 0.211. The molecule has 0 spiro atoms. The summed E-state index contributed by atoms with van der Waals surface area (Å²) in [7, 11) is 0. The molecule has 11 heteroatoms. The average Bonchev–Trinajstić information content (AvgIpc) is 3.49. The molecule has 0 aliphatic heterocycles. The molecule has 0 saturated heterocycles. The minimum atomic E-state index is -1.64. The molecule has 1 amide bonds. The van der Waals surface area contributed by atoms with Crippen molar-refractivity contribution in [2.24, 2.45) is 0 Å². The van der Waals surface area contributed by atoms with Gasteiger partial charge in [-0.2, -0.15) is 10.4 Å². The molecule has 0 saturated carbocycles. The smallest absolute Gasteiger partial charge is 0.255 e. The van der Waals surface area contributed by atoms with Gasteiger partial charge in [-0.15, -0.1) is 0 Å². The summed E-state index contributed by atoms with van der Waals surface area (Å²) < 4.78 is 15.8. The lowest BCUT2D eigenvalue weighted by molar-refractivity contribution is -0.00177. The van der Waals surface area contributed by atoms with Gasteiger partial charge in [0.2, 0.25) is 0 Å². The molecule has 0 radical (unpaired) electrons. The number of carbonyl (C=O) groups is 1. The highest BCUT2D eigenvalue weighted by molar-refractivity contribution is 5.99. The van der Waals surface area contributed by atoms with Gasteiger partial charge in [-0.1, -0.05) is 0 Å². The summed E-state index contributed by atoms with van der Waals surface area (Å²) in [4.78, 5) is 24.3. The standard InChI is InChI=1S/C23H23FN8O2/c1-23(2,34)21(24)12-29-22(33)17-11-28-19(6-18(17)27-10-15-9-26-13-30-15)20-4-3-16-5-14(7-25)8-31-32(16)20/h3-6,8-9,11,13,21,34H,10,12H2,1-2H3,(H,26,30)(H,27,28)(H,29,33). The lowest BCUT2D eigenvalue weighted by Crippen LogP contribution is -2.42. The van der Waals surface area contributed by atoms with E-state index < -0.39 is 17.7 Å². The van der Waals surface area contributed by atoms with Crippen LogP contribution in [0.25, 0.3) is 16.9 Å². The van der Waals surface area contributed by atoms with E-state index in [0.29, 0.717) is 29.2 Å². The Balaban J connectivity index is 1.65. The van der Waals surface area contributed by atoms with Gasteiger partial charge in [0, 0.05) is 12.4 Å². The molecule has 0 bridgehead atoms. The number of nitrogens with one attached hydrogen (secondary N) is 3. The van der Waals surface area contributed by atoms with Gasteiger partial charge in [-0.05, 0) is 38.1 Å². The molecule has 1 unspecified atom stereocenters. The van der Waals surface area contributed by atoms with Gasteiger partial charge >= 0.3 is 0 Å². The largest absolute Gasteiger partial charge is 0.387 e. The number of H-pyrrole nitrogens is 1. The van der Waals surface area contributed by atoms with Crippen LogP contribution in [0.1, 0.15) is 35.5 Å². The van der Waals surface area contributed by atoms with E-state index in [1.165, 1.54) is 26.2 Å². The molecule has 34 heavy (non-hydrogen) atoms. The molecule has 174 valence electrons. The molecule has 10 nitrogen and oxygen atoms in total. The lowest BCUT2D eigenvalue weighted by Gasteiger charge is -2.22. The molecule has 4 aromatic rings. The van der Waals surface area contributed by atoms with Gasteiger partial charge in [0.15, 0.2) is 0 Å². The van der Waals surface area contributed by atoms with E-state index in [1.54, 1.807) is 29.2 Å². The maximum atomic E-state index is 14.1. The van der Waals surface area contributed by atoms with Crippen LogP contribution in [-0.2, 0) is 6.54 Å². The van der Waals surface area contributed by atoms with Crippen LogP contribution in [0, 0.1) is 11.3 Å². The predicted molar refractivity (Wildman–Crippen MR) is 123 cm³/mol. The summed E-state index contributed by atoms with van der Waals surface area (Å²) in [6, 6.07) is 9.11. The Morgan fingerprint density at radius 2 is 2.15 bits per heavy atom. The fourth-order valence-electron chi connectivity index (χ4n) is 3.28. The van der Waals surface area contributed by atoms with E-state index in [4.69, 9.17) is 5.26 Å². The quantitative estimate of drug-likeness (QED) is 0.315. The Bertz CT molecular complexity index is 1350. The fourth-order valence-corrected chi connectivity index (χ4v) is 3.28. The first kappa shape index (κ1) is 22.9. The van der Waals surface area contributed by atoms with Crippen molar-refractivity contribution < 1.29 is 14.3 Å². The Morgan fingerprint density at radius 1 is 1.32 bits per heavy atom. The zero-order valence-corrected chi connectivity index (χ0v) is 18.6. The van der Waals surface area contributed by atoms with Crippen molar-refractivity contribution in [3.8, 4) is 17.5 Å². The number of alkyl halides is 1. The number of hydrogen-bond acceptors (Lipinski definition) is 7. The molecule has 1 atom stereocenters. The number of carbonyl (C=O) groups excluding carboxylic acids is 1. The normalized spacial score (nSPS) is 12.3. The molecule has 0 aromatic carbocycles. The zero-order valence-electron chi connectivity index (χ0n) is 18.6. The highest BCUT2D eigenvalue weighted by atomic mass is 19.1. The number of pyridine rings is 1. The Kier molecular flexibility index (Phi) is 6.25. The maximum Gasteiger partial charge on any atom is 0.255 e. The van der Waals surface area contributed by atoms with Crippen molar-refractivity contribution in [2.75, 3.05) is 11.9 Å². The first-order valence-corrected chi connectivity index (χ1v) is 10.5. The summed E-state index contributed by atoms with van der Waals surface area (Å²) in [5, 5.41) is 28.9. The van der Waals surface area contributed by atoms with Crippen LogP contribution in [0.4, 0.5) is 10.1 Å². The molecule has 4 rings (SSSR count). The maximum absolute atomic E-state index is 14.1.